The Morgan fingerprint density at radius 3 is 2.45 bits per heavy atom. The minimum absolute atomic E-state index is 0.114. The molecule has 31 heavy (non-hydrogen) atoms. The molecule has 10 heteroatoms. The third-order valence-corrected chi connectivity index (χ3v) is 6.17. The molecule has 0 unspecified atom stereocenters. The molecule has 0 saturated heterocycles. The van der Waals surface area contributed by atoms with Crippen LogP contribution in [0.3, 0.4) is 0 Å². The SMILES string of the molecule is Cc1ccc(-n2c(C)cc(/C=C3\C(=N)N4N=C(C(F)(F)F)SC4=NC3=O)c2C)cc1C. The van der Waals surface area contributed by atoms with E-state index in [0.29, 0.717) is 5.56 Å². The Labute approximate surface area is 180 Å². The number of carbonyl (C=O) groups excluding carboxylic acids is 1. The van der Waals surface area contributed by atoms with Crippen molar-refractivity contribution in [2.24, 2.45) is 10.1 Å². The number of alkyl halides is 3. The van der Waals surface area contributed by atoms with Crippen molar-refractivity contribution >= 4 is 39.8 Å². The number of nitrogens with one attached hydrogen (secondary N) is 1. The van der Waals surface area contributed by atoms with Crippen molar-refractivity contribution in [2.75, 3.05) is 0 Å². The van der Waals surface area contributed by atoms with Crippen molar-refractivity contribution in [3.63, 3.8) is 0 Å². The van der Waals surface area contributed by atoms with E-state index in [0.717, 1.165) is 27.6 Å². The Kier molecular flexibility index (Phi) is 4.92. The van der Waals surface area contributed by atoms with E-state index in [1.807, 2.05) is 50.5 Å². The van der Waals surface area contributed by atoms with Crippen LogP contribution in [-0.4, -0.2) is 37.7 Å². The van der Waals surface area contributed by atoms with E-state index in [4.69, 9.17) is 5.41 Å². The van der Waals surface area contributed by atoms with Crippen molar-refractivity contribution < 1.29 is 18.0 Å². The van der Waals surface area contributed by atoms with Crippen molar-refractivity contribution in [3.8, 4) is 5.69 Å². The normalized spacial score (nSPS) is 17.9. The zero-order chi connectivity index (χ0) is 22.7. The van der Waals surface area contributed by atoms with E-state index >= 15 is 0 Å². The third kappa shape index (κ3) is 3.60. The van der Waals surface area contributed by atoms with Gasteiger partial charge in [0.05, 0.1) is 5.57 Å². The van der Waals surface area contributed by atoms with Crippen LogP contribution in [0.4, 0.5) is 13.2 Å². The number of hydrogen-bond acceptors (Lipinski definition) is 4. The molecule has 1 aromatic heterocycles. The first kappa shape index (κ1) is 21.1. The lowest BCUT2D eigenvalue weighted by Gasteiger charge is -2.20. The highest BCUT2D eigenvalue weighted by Gasteiger charge is 2.46. The number of amidine groups is 2. The predicted octanol–water partition coefficient (Wildman–Crippen LogP) is 4.89. The van der Waals surface area contributed by atoms with Crippen LogP contribution < -0.4 is 0 Å². The Morgan fingerprint density at radius 2 is 1.81 bits per heavy atom. The largest absolute Gasteiger partial charge is 0.441 e. The van der Waals surface area contributed by atoms with Crippen LogP contribution in [0.1, 0.15) is 28.1 Å². The first-order chi connectivity index (χ1) is 14.5. The summed E-state index contributed by atoms with van der Waals surface area (Å²) in [5.41, 5.74) is 5.58. The van der Waals surface area contributed by atoms with Gasteiger partial charge >= 0.3 is 6.18 Å². The summed E-state index contributed by atoms with van der Waals surface area (Å²) in [7, 11) is 0. The first-order valence-electron chi connectivity index (χ1n) is 9.31. The van der Waals surface area contributed by atoms with Crippen LogP contribution >= 0.6 is 11.8 Å². The number of thioether (sulfide) groups is 1. The highest BCUT2D eigenvalue weighted by atomic mass is 32.2. The number of amides is 1. The zero-order valence-corrected chi connectivity index (χ0v) is 17.9. The molecule has 4 rings (SSSR count). The molecular formula is C21H18F3N5OS. The maximum absolute atomic E-state index is 13.0. The molecule has 2 aromatic rings. The van der Waals surface area contributed by atoms with E-state index < -0.39 is 23.0 Å². The van der Waals surface area contributed by atoms with Gasteiger partial charge in [-0.1, -0.05) is 6.07 Å². The minimum atomic E-state index is -4.67. The molecule has 0 bridgehead atoms. The Hall–Kier alpha value is -3.14. The van der Waals surface area contributed by atoms with E-state index in [2.05, 4.69) is 16.2 Å². The maximum atomic E-state index is 13.0. The number of aromatic nitrogens is 1. The molecule has 1 aromatic carbocycles. The van der Waals surface area contributed by atoms with Gasteiger partial charge in [-0.3, -0.25) is 10.2 Å². The summed E-state index contributed by atoms with van der Waals surface area (Å²) in [6.45, 7) is 7.86. The van der Waals surface area contributed by atoms with Gasteiger partial charge in [0, 0.05) is 17.1 Å². The fourth-order valence-electron chi connectivity index (χ4n) is 3.46. The first-order valence-corrected chi connectivity index (χ1v) is 10.1. The van der Waals surface area contributed by atoms with Gasteiger partial charge in [-0.2, -0.15) is 28.3 Å². The number of benzene rings is 1. The van der Waals surface area contributed by atoms with Gasteiger partial charge in [-0.15, -0.1) is 0 Å². The predicted molar refractivity (Wildman–Crippen MR) is 116 cm³/mol. The summed E-state index contributed by atoms with van der Waals surface area (Å²) in [6, 6.07) is 7.95. The van der Waals surface area contributed by atoms with Crippen molar-refractivity contribution in [2.45, 2.75) is 33.9 Å². The van der Waals surface area contributed by atoms with Gasteiger partial charge in [0.25, 0.3) is 5.91 Å². The summed E-state index contributed by atoms with van der Waals surface area (Å²) in [4.78, 5) is 16.2. The molecule has 0 atom stereocenters. The topological polar surface area (TPSA) is 73.8 Å². The van der Waals surface area contributed by atoms with E-state index in [1.54, 1.807) is 0 Å². The molecule has 0 spiro atoms. The van der Waals surface area contributed by atoms with Gasteiger partial charge in [-0.25, -0.2) is 0 Å². The standard InChI is InChI=1S/C21H18F3N5OS/c1-10-5-6-15(7-11(10)2)28-12(3)8-14(13(28)4)9-16-17(25)29-20(26-18(16)30)31-19(27-29)21(22,23)24/h5-9,25H,1-4H3/b16-9+,25-17?. The third-order valence-electron chi connectivity index (χ3n) is 5.22. The summed E-state index contributed by atoms with van der Waals surface area (Å²) in [5.74, 6) is -1.20. The second-order valence-corrected chi connectivity index (χ2v) is 8.31. The lowest BCUT2D eigenvalue weighted by molar-refractivity contribution is -0.114. The molecule has 3 heterocycles. The van der Waals surface area contributed by atoms with Crippen molar-refractivity contribution in [3.05, 3.63) is 57.9 Å². The van der Waals surface area contributed by atoms with Crippen molar-refractivity contribution in [1.82, 2.24) is 9.58 Å². The monoisotopic (exact) mass is 445 g/mol. The van der Waals surface area contributed by atoms with Gasteiger partial charge < -0.3 is 4.57 Å². The average molecular weight is 445 g/mol. The van der Waals surface area contributed by atoms with Gasteiger partial charge in [-0.05, 0) is 80.4 Å². The lowest BCUT2D eigenvalue weighted by Crippen LogP contribution is -2.35. The van der Waals surface area contributed by atoms with Gasteiger partial charge in [0.1, 0.15) is 0 Å². The molecular weight excluding hydrogens is 427 g/mol. The smallest absolute Gasteiger partial charge is 0.318 e. The maximum Gasteiger partial charge on any atom is 0.441 e. The Balaban J connectivity index is 1.75. The highest BCUT2D eigenvalue weighted by molar-refractivity contribution is 8.27. The molecule has 0 fully saturated rings. The number of aliphatic imine (C=N–C) groups is 1. The number of hydrogen-bond donors (Lipinski definition) is 1. The molecule has 2 aliphatic heterocycles. The van der Waals surface area contributed by atoms with Crippen LogP contribution in [0.5, 0.6) is 0 Å². The van der Waals surface area contributed by atoms with E-state index in [9.17, 15) is 18.0 Å². The second-order valence-electron chi connectivity index (χ2n) is 7.35. The number of rotatable bonds is 2. The van der Waals surface area contributed by atoms with Crippen molar-refractivity contribution in [1.29, 1.82) is 5.41 Å². The fourth-order valence-corrected chi connectivity index (χ4v) is 4.22. The van der Waals surface area contributed by atoms with Crippen LogP contribution in [0.15, 0.2) is 39.9 Å². The number of hydrazone groups is 1. The Morgan fingerprint density at radius 1 is 1.10 bits per heavy atom. The molecule has 1 N–H and O–H groups in total. The average Bonchev–Trinajstić information content (AvgIpc) is 3.22. The summed E-state index contributed by atoms with van der Waals surface area (Å²) < 4.78 is 41.0. The van der Waals surface area contributed by atoms with Gasteiger partial charge in [0.15, 0.2) is 5.84 Å². The highest BCUT2D eigenvalue weighted by Crippen LogP contribution is 2.35. The number of aryl methyl sites for hydroxylation is 3. The lowest BCUT2D eigenvalue weighted by atomic mass is 10.1. The number of nitrogens with zero attached hydrogens (tertiary/aromatic N) is 4. The summed E-state index contributed by atoms with van der Waals surface area (Å²) in [6.07, 6.45) is -3.19. The van der Waals surface area contributed by atoms with E-state index in [1.165, 1.54) is 11.6 Å². The zero-order valence-electron chi connectivity index (χ0n) is 17.1. The molecule has 2 aliphatic rings. The molecule has 1 amide bonds. The number of fused-ring (bicyclic) bond motifs is 1. The van der Waals surface area contributed by atoms with Gasteiger partial charge in [0.2, 0.25) is 10.2 Å². The molecule has 6 nitrogen and oxygen atoms in total. The van der Waals surface area contributed by atoms with Crippen LogP contribution in [0.2, 0.25) is 0 Å². The fraction of sp³-hybridized carbons (Fsp3) is 0.238. The van der Waals surface area contributed by atoms with E-state index in [-0.39, 0.29) is 22.5 Å². The minimum Gasteiger partial charge on any atom is -0.318 e. The number of halogens is 3. The number of carbonyl (C=O) groups is 1. The summed E-state index contributed by atoms with van der Waals surface area (Å²) >= 11 is 0.235. The molecule has 160 valence electrons. The van der Waals surface area contributed by atoms with Crippen LogP contribution in [0, 0.1) is 33.1 Å². The molecule has 0 radical (unpaired) electrons. The Bertz CT molecular complexity index is 1240. The molecule has 0 saturated carbocycles. The summed E-state index contributed by atoms with van der Waals surface area (Å²) in [5, 5.41) is 11.0. The molecule has 0 aliphatic carbocycles. The quantitative estimate of drug-likeness (QED) is 0.669. The second kappa shape index (κ2) is 7.23. The van der Waals surface area contributed by atoms with Crippen LogP contribution in [-0.2, 0) is 4.79 Å². The van der Waals surface area contributed by atoms with Crippen LogP contribution in [0.25, 0.3) is 11.8 Å².